The van der Waals surface area contributed by atoms with Crippen LogP contribution in [0.3, 0.4) is 0 Å². The second-order valence-corrected chi connectivity index (χ2v) is 11.0. The first kappa shape index (κ1) is 24.6. The molecule has 44 heavy (non-hydrogen) atoms. The summed E-state index contributed by atoms with van der Waals surface area (Å²) in [4.78, 5) is 10.4. The molecule has 3 heterocycles. The van der Waals surface area contributed by atoms with E-state index in [-0.39, 0.29) is 0 Å². The lowest BCUT2D eigenvalue weighted by Crippen LogP contribution is -1.94. The molecule has 4 nitrogen and oxygen atoms in total. The molecule has 0 saturated carbocycles. The second-order valence-electron chi connectivity index (χ2n) is 11.0. The number of hydrogen-bond acceptors (Lipinski definition) is 3. The molecule has 0 radical (unpaired) electrons. The molecular weight excluding hydrogens is 538 g/mol. The second kappa shape index (κ2) is 9.79. The van der Waals surface area contributed by atoms with E-state index in [4.69, 9.17) is 14.4 Å². The summed E-state index contributed by atoms with van der Waals surface area (Å²) >= 11 is 0. The number of nitrogens with zero attached hydrogens (tertiary/aromatic N) is 3. The molecule has 0 aliphatic carbocycles. The van der Waals surface area contributed by atoms with Gasteiger partial charge in [0.1, 0.15) is 16.8 Å². The van der Waals surface area contributed by atoms with Crippen molar-refractivity contribution >= 4 is 43.9 Å². The van der Waals surface area contributed by atoms with Gasteiger partial charge in [0.25, 0.3) is 0 Å². The zero-order valence-corrected chi connectivity index (χ0v) is 23.7. The molecule has 0 amide bonds. The molecule has 9 aromatic rings. The number of fused-ring (bicyclic) bond motifs is 7. The van der Waals surface area contributed by atoms with Gasteiger partial charge >= 0.3 is 0 Å². The number of hydrogen-bond donors (Lipinski definition) is 0. The molecular formula is C40H25N3O. The van der Waals surface area contributed by atoms with Crippen molar-refractivity contribution in [3.05, 3.63) is 152 Å². The van der Waals surface area contributed by atoms with Gasteiger partial charge in [-0.1, -0.05) is 115 Å². The standard InChI is InChI=1S/C40H25N3O/c1-4-13-26(14-5-1)28-17-12-18-29(25-28)40-41-37(27-15-6-2-7-16-27)39-38(42-40)36-34(44-39)24-23-33-35(36)31-21-10-11-22-32(31)43(33)30-19-8-3-9-20-30/h1-25H. The highest BCUT2D eigenvalue weighted by Gasteiger charge is 2.23. The summed E-state index contributed by atoms with van der Waals surface area (Å²) in [6.07, 6.45) is 0. The van der Waals surface area contributed by atoms with Crippen molar-refractivity contribution in [1.82, 2.24) is 14.5 Å². The van der Waals surface area contributed by atoms with Crippen molar-refractivity contribution in [3.8, 4) is 39.5 Å². The Hall–Kier alpha value is -6.00. The van der Waals surface area contributed by atoms with Crippen molar-refractivity contribution in [2.75, 3.05) is 0 Å². The molecule has 4 heteroatoms. The van der Waals surface area contributed by atoms with Crippen molar-refractivity contribution < 1.29 is 4.42 Å². The van der Waals surface area contributed by atoms with Gasteiger partial charge < -0.3 is 8.98 Å². The highest BCUT2D eigenvalue weighted by molar-refractivity contribution is 6.27. The quantitative estimate of drug-likeness (QED) is 0.214. The minimum Gasteiger partial charge on any atom is -0.452 e. The Bertz CT molecular complexity index is 2480. The predicted molar refractivity (Wildman–Crippen MR) is 180 cm³/mol. The Morgan fingerprint density at radius 3 is 1.93 bits per heavy atom. The molecule has 206 valence electrons. The maximum atomic E-state index is 6.66. The van der Waals surface area contributed by atoms with Crippen molar-refractivity contribution in [2.45, 2.75) is 0 Å². The Balaban J connectivity index is 1.40. The zero-order chi connectivity index (χ0) is 29.0. The summed E-state index contributed by atoms with van der Waals surface area (Å²) in [6.45, 7) is 0. The first-order valence-electron chi connectivity index (χ1n) is 14.8. The van der Waals surface area contributed by atoms with Gasteiger partial charge in [-0.15, -0.1) is 0 Å². The molecule has 0 saturated heterocycles. The van der Waals surface area contributed by atoms with Crippen molar-refractivity contribution in [2.24, 2.45) is 0 Å². The minimum absolute atomic E-state index is 0.667. The van der Waals surface area contributed by atoms with E-state index in [0.717, 1.165) is 71.9 Å². The van der Waals surface area contributed by atoms with Crippen LogP contribution < -0.4 is 0 Å². The van der Waals surface area contributed by atoms with Crippen molar-refractivity contribution in [1.29, 1.82) is 0 Å². The molecule has 6 aromatic carbocycles. The fourth-order valence-corrected chi connectivity index (χ4v) is 6.43. The lowest BCUT2D eigenvalue weighted by molar-refractivity contribution is 0.667. The van der Waals surface area contributed by atoms with Gasteiger partial charge in [-0.3, -0.25) is 0 Å². The predicted octanol–water partition coefficient (Wildman–Crippen LogP) is 10.5. The molecule has 9 rings (SSSR count). The number of para-hydroxylation sites is 2. The van der Waals surface area contributed by atoms with Crippen LogP contribution in [0.1, 0.15) is 0 Å². The van der Waals surface area contributed by atoms with Crippen molar-refractivity contribution in [3.63, 3.8) is 0 Å². The SMILES string of the molecule is c1ccc(-c2cccc(-c3nc(-c4ccccc4)c4oc5ccc6c(c7ccccc7n6-c6ccccc6)c5c4n3)c2)cc1. The van der Waals surface area contributed by atoms with E-state index in [1.165, 1.54) is 0 Å². The molecule has 0 N–H and O–H groups in total. The van der Waals surface area contributed by atoms with Crippen LogP contribution in [-0.4, -0.2) is 14.5 Å². The summed E-state index contributed by atoms with van der Waals surface area (Å²) < 4.78 is 8.99. The van der Waals surface area contributed by atoms with Crippen LogP contribution in [0.15, 0.2) is 156 Å². The van der Waals surface area contributed by atoms with E-state index >= 15 is 0 Å². The molecule has 0 fully saturated rings. The Kier molecular flexibility index (Phi) is 5.47. The van der Waals surface area contributed by atoms with E-state index in [1.807, 2.05) is 24.3 Å². The highest BCUT2D eigenvalue weighted by Crippen LogP contribution is 2.43. The largest absolute Gasteiger partial charge is 0.452 e. The van der Waals surface area contributed by atoms with E-state index in [2.05, 4.69) is 132 Å². The minimum atomic E-state index is 0.667. The van der Waals surface area contributed by atoms with Gasteiger partial charge in [0.05, 0.1) is 16.4 Å². The lowest BCUT2D eigenvalue weighted by Gasteiger charge is -2.08. The number of furan rings is 1. The maximum Gasteiger partial charge on any atom is 0.180 e. The van der Waals surface area contributed by atoms with Crippen LogP contribution >= 0.6 is 0 Å². The van der Waals surface area contributed by atoms with Crippen LogP contribution in [0.25, 0.3) is 83.3 Å². The molecule has 0 aliphatic heterocycles. The average molecular weight is 564 g/mol. The summed E-state index contributed by atoms with van der Waals surface area (Å²) in [6, 6.07) is 52.4. The Morgan fingerprint density at radius 1 is 0.477 bits per heavy atom. The van der Waals surface area contributed by atoms with Gasteiger partial charge in [0, 0.05) is 27.6 Å². The first-order chi connectivity index (χ1) is 21.8. The van der Waals surface area contributed by atoms with Gasteiger partial charge in [0.15, 0.2) is 11.4 Å². The number of benzene rings is 6. The summed E-state index contributed by atoms with van der Waals surface area (Å²) in [7, 11) is 0. The molecule has 0 atom stereocenters. The van der Waals surface area contributed by atoms with Crippen LogP contribution in [-0.2, 0) is 0 Å². The van der Waals surface area contributed by atoms with Crippen LogP contribution in [0.5, 0.6) is 0 Å². The van der Waals surface area contributed by atoms with Crippen LogP contribution in [0.4, 0.5) is 0 Å². The van der Waals surface area contributed by atoms with E-state index in [1.54, 1.807) is 0 Å². The smallest absolute Gasteiger partial charge is 0.180 e. The zero-order valence-electron chi connectivity index (χ0n) is 23.7. The Labute approximate surface area is 253 Å². The highest BCUT2D eigenvalue weighted by atomic mass is 16.3. The average Bonchev–Trinajstić information content (AvgIpc) is 3.65. The third-order valence-corrected chi connectivity index (χ3v) is 8.40. The number of rotatable bonds is 4. The van der Waals surface area contributed by atoms with Crippen LogP contribution in [0, 0.1) is 0 Å². The maximum absolute atomic E-state index is 6.66. The van der Waals surface area contributed by atoms with Gasteiger partial charge in [-0.25, -0.2) is 9.97 Å². The molecule has 3 aromatic heterocycles. The normalized spacial score (nSPS) is 11.6. The summed E-state index contributed by atoms with van der Waals surface area (Å²) in [5.74, 6) is 0.667. The third-order valence-electron chi connectivity index (χ3n) is 8.40. The van der Waals surface area contributed by atoms with E-state index in [9.17, 15) is 0 Å². The van der Waals surface area contributed by atoms with Gasteiger partial charge in [-0.2, -0.15) is 0 Å². The van der Waals surface area contributed by atoms with E-state index < -0.39 is 0 Å². The van der Waals surface area contributed by atoms with Crippen LogP contribution in [0.2, 0.25) is 0 Å². The monoisotopic (exact) mass is 563 g/mol. The summed E-state index contributed by atoms with van der Waals surface area (Å²) in [5.41, 5.74) is 10.7. The van der Waals surface area contributed by atoms with Gasteiger partial charge in [-0.05, 0) is 47.5 Å². The fourth-order valence-electron chi connectivity index (χ4n) is 6.43. The summed E-state index contributed by atoms with van der Waals surface area (Å²) in [5, 5.41) is 3.29. The molecule has 0 unspecified atom stereocenters. The Morgan fingerprint density at radius 2 is 1.14 bits per heavy atom. The fraction of sp³-hybridized carbons (Fsp3) is 0. The molecule has 0 bridgehead atoms. The molecule has 0 aliphatic rings. The number of aromatic nitrogens is 3. The lowest BCUT2D eigenvalue weighted by atomic mass is 10.0. The van der Waals surface area contributed by atoms with E-state index in [0.29, 0.717) is 11.4 Å². The third kappa shape index (κ3) is 3.78. The first-order valence-corrected chi connectivity index (χ1v) is 14.8. The molecule has 0 spiro atoms. The van der Waals surface area contributed by atoms with Gasteiger partial charge in [0.2, 0.25) is 0 Å². The topological polar surface area (TPSA) is 43.9 Å².